The summed E-state index contributed by atoms with van der Waals surface area (Å²) in [6, 6.07) is 8.89. The first kappa shape index (κ1) is 12.7. The van der Waals surface area contributed by atoms with Crippen molar-refractivity contribution in [1.29, 1.82) is 0 Å². The number of hydrogen-bond donors (Lipinski definition) is 2. The van der Waals surface area contributed by atoms with E-state index in [2.05, 4.69) is 29.7 Å². The van der Waals surface area contributed by atoms with E-state index in [0.717, 1.165) is 17.6 Å². The summed E-state index contributed by atoms with van der Waals surface area (Å²) in [5.41, 5.74) is 4.39. The second-order valence-electron chi connectivity index (χ2n) is 6.87. The zero-order valence-electron chi connectivity index (χ0n) is 11.9. The van der Waals surface area contributed by atoms with Gasteiger partial charge < -0.3 is 4.74 Å². The monoisotopic (exact) mass is 272 g/mol. The Morgan fingerprint density at radius 1 is 1.05 bits per heavy atom. The number of nitrogens with two attached hydrogens (primary N) is 1. The summed E-state index contributed by atoms with van der Waals surface area (Å²) in [5, 5.41) is 0. The van der Waals surface area contributed by atoms with Gasteiger partial charge in [-0.25, -0.2) is 0 Å². The summed E-state index contributed by atoms with van der Waals surface area (Å²) in [6.07, 6.45) is 8.49. The zero-order chi connectivity index (χ0) is 13.5. The minimum absolute atomic E-state index is 0.306. The van der Waals surface area contributed by atoms with Gasteiger partial charge in [0, 0.05) is 6.04 Å². The first-order valence-electron chi connectivity index (χ1n) is 8.06. The molecule has 4 unspecified atom stereocenters. The molecule has 3 N–H and O–H groups in total. The topological polar surface area (TPSA) is 47.3 Å². The molecule has 1 aromatic carbocycles. The fraction of sp³-hybridized carbons (Fsp3) is 0.647. The minimum atomic E-state index is 0.306. The van der Waals surface area contributed by atoms with Crippen molar-refractivity contribution in [2.24, 2.45) is 23.6 Å². The third-order valence-corrected chi connectivity index (χ3v) is 5.47. The van der Waals surface area contributed by atoms with Gasteiger partial charge in [0.05, 0.1) is 6.10 Å². The Labute approximate surface area is 120 Å². The van der Waals surface area contributed by atoms with Crippen molar-refractivity contribution in [3.05, 3.63) is 29.8 Å². The lowest BCUT2D eigenvalue weighted by atomic mass is 9.81. The van der Waals surface area contributed by atoms with E-state index >= 15 is 0 Å². The van der Waals surface area contributed by atoms with Crippen LogP contribution in [0.4, 0.5) is 0 Å². The number of hydrazine groups is 1. The molecule has 2 bridgehead atoms. The van der Waals surface area contributed by atoms with Gasteiger partial charge in [0.2, 0.25) is 0 Å². The molecule has 3 fully saturated rings. The zero-order valence-corrected chi connectivity index (χ0v) is 11.9. The normalized spacial score (nSPS) is 33.4. The van der Waals surface area contributed by atoms with Gasteiger partial charge >= 0.3 is 0 Å². The van der Waals surface area contributed by atoms with Crippen molar-refractivity contribution in [2.45, 2.75) is 50.7 Å². The Hall–Kier alpha value is -1.06. The SMILES string of the molecule is NNC(c1ccc(OC2CC2)cc1)C1CC2CCC1C2. The van der Waals surface area contributed by atoms with E-state index in [1.54, 1.807) is 0 Å². The molecule has 4 rings (SSSR count). The largest absolute Gasteiger partial charge is 0.490 e. The first-order valence-corrected chi connectivity index (χ1v) is 8.06. The van der Waals surface area contributed by atoms with E-state index in [1.807, 2.05) is 0 Å². The van der Waals surface area contributed by atoms with Gasteiger partial charge in [-0.2, -0.15) is 0 Å². The summed E-state index contributed by atoms with van der Waals surface area (Å²) >= 11 is 0. The molecule has 3 nitrogen and oxygen atoms in total. The highest BCUT2D eigenvalue weighted by atomic mass is 16.5. The predicted octanol–water partition coefficient (Wildman–Crippen LogP) is 3.17. The molecule has 0 aliphatic heterocycles. The van der Waals surface area contributed by atoms with Gasteiger partial charge in [-0.3, -0.25) is 11.3 Å². The molecule has 0 radical (unpaired) electrons. The smallest absolute Gasteiger partial charge is 0.119 e. The van der Waals surface area contributed by atoms with E-state index in [4.69, 9.17) is 10.6 Å². The first-order chi connectivity index (χ1) is 9.83. The molecule has 3 aliphatic rings. The molecular weight excluding hydrogens is 248 g/mol. The van der Waals surface area contributed by atoms with Crippen LogP contribution in [0.3, 0.4) is 0 Å². The molecule has 3 heteroatoms. The fourth-order valence-electron chi connectivity index (χ4n) is 4.30. The summed E-state index contributed by atoms with van der Waals surface area (Å²) in [4.78, 5) is 0. The van der Waals surface area contributed by atoms with Crippen LogP contribution in [0, 0.1) is 17.8 Å². The number of benzene rings is 1. The van der Waals surface area contributed by atoms with Crippen LogP contribution < -0.4 is 16.0 Å². The second kappa shape index (κ2) is 5.05. The van der Waals surface area contributed by atoms with Crippen molar-refractivity contribution in [3.63, 3.8) is 0 Å². The molecule has 20 heavy (non-hydrogen) atoms. The lowest BCUT2D eigenvalue weighted by molar-refractivity contribution is 0.252. The lowest BCUT2D eigenvalue weighted by Crippen LogP contribution is -2.35. The number of ether oxygens (including phenoxy) is 1. The maximum atomic E-state index is 5.86. The number of fused-ring (bicyclic) bond motifs is 2. The maximum Gasteiger partial charge on any atom is 0.119 e. The molecular formula is C17H24N2O. The van der Waals surface area contributed by atoms with Crippen LogP contribution in [-0.4, -0.2) is 6.10 Å². The van der Waals surface area contributed by atoms with Gasteiger partial charge in [-0.1, -0.05) is 18.6 Å². The van der Waals surface area contributed by atoms with Crippen molar-refractivity contribution >= 4 is 0 Å². The maximum absolute atomic E-state index is 5.86. The lowest BCUT2D eigenvalue weighted by Gasteiger charge is -2.30. The molecule has 3 aliphatic carbocycles. The van der Waals surface area contributed by atoms with Gasteiger partial charge in [0.1, 0.15) is 5.75 Å². The van der Waals surface area contributed by atoms with Crippen LogP contribution in [0.25, 0.3) is 0 Å². The third-order valence-electron chi connectivity index (χ3n) is 5.47. The van der Waals surface area contributed by atoms with Crippen molar-refractivity contribution in [3.8, 4) is 5.75 Å². The highest BCUT2D eigenvalue weighted by Gasteiger charge is 2.43. The second-order valence-corrected chi connectivity index (χ2v) is 6.87. The Kier molecular flexibility index (Phi) is 3.20. The quantitative estimate of drug-likeness (QED) is 0.639. The van der Waals surface area contributed by atoms with E-state index in [1.165, 1.54) is 44.1 Å². The number of hydrogen-bond acceptors (Lipinski definition) is 3. The molecule has 0 spiro atoms. The van der Waals surface area contributed by atoms with Crippen LogP contribution in [0.15, 0.2) is 24.3 Å². The summed E-state index contributed by atoms with van der Waals surface area (Å²) in [6.45, 7) is 0. The van der Waals surface area contributed by atoms with Crippen LogP contribution in [0.2, 0.25) is 0 Å². The standard InChI is InChI=1S/C17H24N2O/c18-19-17(16-10-11-1-2-13(16)9-11)12-3-5-14(6-4-12)20-15-7-8-15/h3-6,11,13,15-17,19H,1-2,7-10,18H2. The van der Waals surface area contributed by atoms with Crippen LogP contribution in [-0.2, 0) is 0 Å². The van der Waals surface area contributed by atoms with E-state index in [9.17, 15) is 0 Å². The molecule has 4 atom stereocenters. The summed E-state index contributed by atoms with van der Waals surface area (Å²) < 4.78 is 5.82. The summed E-state index contributed by atoms with van der Waals surface area (Å²) in [7, 11) is 0. The molecule has 0 heterocycles. The highest BCUT2D eigenvalue weighted by Crippen LogP contribution is 2.52. The van der Waals surface area contributed by atoms with Crippen LogP contribution in [0.1, 0.15) is 50.1 Å². The molecule has 3 saturated carbocycles. The molecule has 0 saturated heterocycles. The average molecular weight is 272 g/mol. The Balaban J connectivity index is 1.49. The van der Waals surface area contributed by atoms with Gasteiger partial charge in [-0.15, -0.1) is 0 Å². The molecule has 0 aromatic heterocycles. The highest BCUT2D eigenvalue weighted by molar-refractivity contribution is 5.30. The van der Waals surface area contributed by atoms with Crippen LogP contribution in [0.5, 0.6) is 5.75 Å². The molecule has 0 amide bonds. The predicted molar refractivity (Wildman–Crippen MR) is 79.1 cm³/mol. The Morgan fingerprint density at radius 3 is 2.40 bits per heavy atom. The van der Waals surface area contributed by atoms with Crippen molar-refractivity contribution < 1.29 is 4.74 Å². The number of nitrogens with one attached hydrogen (secondary N) is 1. The van der Waals surface area contributed by atoms with Crippen molar-refractivity contribution in [2.75, 3.05) is 0 Å². The number of rotatable bonds is 5. The van der Waals surface area contributed by atoms with Crippen LogP contribution >= 0.6 is 0 Å². The fourth-order valence-corrected chi connectivity index (χ4v) is 4.30. The van der Waals surface area contributed by atoms with Gasteiger partial charge in [-0.05, 0) is 67.6 Å². The molecule has 1 aromatic rings. The van der Waals surface area contributed by atoms with Gasteiger partial charge in [0.15, 0.2) is 0 Å². The minimum Gasteiger partial charge on any atom is -0.490 e. The van der Waals surface area contributed by atoms with E-state index in [-0.39, 0.29) is 0 Å². The average Bonchev–Trinajstić information content (AvgIpc) is 3.04. The Bertz CT molecular complexity index is 468. The Morgan fingerprint density at radius 2 is 1.85 bits per heavy atom. The van der Waals surface area contributed by atoms with E-state index < -0.39 is 0 Å². The van der Waals surface area contributed by atoms with Gasteiger partial charge in [0.25, 0.3) is 0 Å². The van der Waals surface area contributed by atoms with E-state index in [0.29, 0.717) is 18.1 Å². The third kappa shape index (κ3) is 2.33. The van der Waals surface area contributed by atoms with Crippen molar-refractivity contribution in [1.82, 2.24) is 5.43 Å². The molecule has 108 valence electrons. The summed E-state index contributed by atoms with van der Waals surface area (Å²) in [5.74, 6) is 9.42.